The van der Waals surface area contributed by atoms with Crippen LogP contribution in [0.1, 0.15) is 19.5 Å². The molecule has 0 saturated heterocycles. The topological polar surface area (TPSA) is 129 Å². The lowest BCUT2D eigenvalue weighted by molar-refractivity contribution is -0.137. The second-order valence-corrected chi connectivity index (χ2v) is 7.31. The van der Waals surface area contributed by atoms with Gasteiger partial charge in [0, 0.05) is 11.9 Å². The molecular formula is C14H19N3O4S. The molecule has 120 valence electrons. The number of aromatic nitrogens is 1. The second-order valence-electron chi connectivity index (χ2n) is 5.16. The number of amides is 1. The van der Waals surface area contributed by atoms with E-state index in [4.69, 9.17) is 21.3 Å². The number of pyridine rings is 1. The van der Waals surface area contributed by atoms with E-state index in [9.17, 15) is 9.59 Å². The molecule has 2 atom stereocenters. The van der Waals surface area contributed by atoms with Crippen molar-refractivity contribution in [3.05, 3.63) is 22.9 Å². The van der Waals surface area contributed by atoms with E-state index >= 15 is 0 Å². The minimum atomic E-state index is -1.29. The van der Waals surface area contributed by atoms with Crippen LogP contribution in [0, 0.1) is 0 Å². The fourth-order valence-electron chi connectivity index (χ4n) is 2.17. The first-order valence-corrected chi connectivity index (χ1v) is 8.27. The molecule has 1 unspecified atom stereocenters. The summed E-state index contributed by atoms with van der Waals surface area (Å²) in [5, 5.41) is 9.03. The van der Waals surface area contributed by atoms with Crippen LogP contribution in [0.2, 0.25) is 0 Å². The Balaban J connectivity index is 2.45. The molecule has 1 aliphatic heterocycles. The molecule has 5 N–H and O–H groups in total. The lowest BCUT2D eigenvalue weighted by atomic mass is 10.3. The van der Waals surface area contributed by atoms with Crippen molar-refractivity contribution in [1.29, 1.82) is 0 Å². The van der Waals surface area contributed by atoms with Crippen molar-refractivity contribution in [2.45, 2.75) is 30.9 Å². The molecule has 0 fully saturated rings. The smallest absolute Gasteiger partial charge is 0.321 e. The maximum absolute atomic E-state index is 11.7. The summed E-state index contributed by atoms with van der Waals surface area (Å²) in [5.74, 6) is -0.990. The van der Waals surface area contributed by atoms with Crippen LogP contribution in [0.3, 0.4) is 0 Å². The van der Waals surface area contributed by atoms with Gasteiger partial charge in [-0.25, -0.2) is 0 Å². The predicted octanol–water partition coefficient (Wildman–Crippen LogP) is 0.481. The average Bonchev–Trinajstić information content (AvgIpc) is 2.78. The number of carboxylic acids is 1. The SMILES string of the molecule is CC(C)Oc1ccnc2c1[SH](C[C@H](N)C(=O)O)C(C(N)=O)=C2. The Bertz CT molecular complexity index is 645. The Morgan fingerprint density at radius 3 is 2.68 bits per heavy atom. The third kappa shape index (κ3) is 3.23. The number of carboxylic acid groups (broad SMARTS) is 1. The van der Waals surface area contributed by atoms with Gasteiger partial charge in [0.1, 0.15) is 11.8 Å². The van der Waals surface area contributed by atoms with Gasteiger partial charge < -0.3 is 21.3 Å². The van der Waals surface area contributed by atoms with Gasteiger partial charge in [-0.2, -0.15) is 10.9 Å². The van der Waals surface area contributed by atoms with Gasteiger partial charge in [-0.1, -0.05) is 0 Å². The summed E-state index contributed by atoms with van der Waals surface area (Å²) in [6, 6.07) is 0.630. The zero-order valence-corrected chi connectivity index (χ0v) is 13.2. The summed E-state index contributed by atoms with van der Waals surface area (Å²) in [6.45, 7) is 3.77. The summed E-state index contributed by atoms with van der Waals surface area (Å²) >= 11 is 0. The highest BCUT2D eigenvalue weighted by Crippen LogP contribution is 2.55. The number of carbonyl (C=O) groups is 2. The first-order chi connectivity index (χ1) is 10.3. The van der Waals surface area contributed by atoms with Crippen LogP contribution in [-0.2, 0) is 9.59 Å². The third-order valence-corrected chi connectivity index (χ3v) is 5.74. The lowest BCUT2D eigenvalue weighted by Crippen LogP contribution is -2.34. The van der Waals surface area contributed by atoms with Gasteiger partial charge >= 0.3 is 5.97 Å². The summed E-state index contributed by atoms with van der Waals surface area (Å²) in [5.41, 5.74) is 11.7. The molecular weight excluding hydrogens is 306 g/mol. The van der Waals surface area contributed by atoms with Crippen LogP contribution in [-0.4, -0.2) is 39.9 Å². The van der Waals surface area contributed by atoms with Gasteiger partial charge in [-0.05, 0) is 26.0 Å². The molecule has 0 spiro atoms. The standard InChI is InChI=1S/C14H19N3O4S/c1-7(2)21-10-3-4-17-9-5-11(13(16)18)22(12(9)10)6-8(15)14(19)20/h3-5,7-8,22H,6,15H2,1-2H3,(H2,16,18)(H,19,20)/t8-/m0/s1. The van der Waals surface area contributed by atoms with Crippen molar-refractivity contribution in [1.82, 2.24) is 4.98 Å². The highest BCUT2D eigenvalue weighted by Gasteiger charge is 2.32. The number of thiol groups is 1. The molecule has 2 rings (SSSR count). The largest absolute Gasteiger partial charge is 0.490 e. The fraction of sp³-hybridized carbons (Fsp3) is 0.357. The normalized spacial score (nSPS) is 19.5. The first-order valence-electron chi connectivity index (χ1n) is 6.74. The van der Waals surface area contributed by atoms with E-state index in [-0.39, 0.29) is 11.9 Å². The first kappa shape index (κ1) is 16.3. The molecule has 2 heterocycles. The van der Waals surface area contributed by atoms with E-state index in [0.717, 1.165) is 4.90 Å². The Morgan fingerprint density at radius 2 is 2.14 bits per heavy atom. The van der Waals surface area contributed by atoms with Gasteiger partial charge in [0.05, 0.1) is 21.6 Å². The number of nitrogens with zero attached hydrogens (tertiary/aromatic N) is 1. The summed E-state index contributed by atoms with van der Waals surface area (Å²) in [6.07, 6.45) is 3.13. The van der Waals surface area contributed by atoms with E-state index in [1.54, 1.807) is 18.3 Å². The Morgan fingerprint density at radius 1 is 1.45 bits per heavy atom. The molecule has 0 bridgehead atoms. The number of ether oxygens (including phenoxy) is 1. The minimum Gasteiger partial charge on any atom is -0.490 e. The quantitative estimate of drug-likeness (QED) is 0.563. The monoisotopic (exact) mass is 325 g/mol. The van der Waals surface area contributed by atoms with Gasteiger partial charge in [0.2, 0.25) is 0 Å². The zero-order chi connectivity index (χ0) is 16.4. The van der Waals surface area contributed by atoms with E-state index in [0.29, 0.717) is 16.3 Å². The Labute approximate surface area is 130 Å². The van der Waals surface area contributed by atoms with Crippen LogP contribution < -0.4 is 16.2 Å². The van der Waals surface area contributed by atoms with Crippen LogP contribution in [0.15, 0.2) is 22.1 Å². The van der Waals surface area contributed by atoms with E-state index in [1.165, 1.54) is 0 Å². The molecule has 0 aromatic carbocycles. The van der Waals surface area contributed by atoms with Crippen LogP contribution in [0.4, 0.5) is 0 Å². The van der Waals surface area contributed by atoms with E-state index < -0.39 is 28.8 Å². The molecule has 1 aromatic heterocycles. The fourth-order valence-corrected chi connectivity index (χ4v) is 4.68. The number of rotatable bonds is 6. The highest BCUT2D eigenvalue weighted by molar-refractivity contribution is 8.21. The minimum absolute atomic E-state index is 0.0610. The van der Waals surface area contributed by atoms with E-state index in [1.807, 2.05) is 13.8 Å². The number of hydrogen-bond donors (Lipinski definition) is 4. The van der Waals surface area contributed by atoms with Crippen LogP contribution in [0.5, 0.6) is 5.75 Å². The molecule has 7 nitrogen and oxygen atoms in total. The molecule has 22 heavy (non-hydrogen) atoms. The number of aliphatic carboxylic acids is 1. The average molecular weight is 325 g/mol. The van der Waals surface area contributed by atoms with Crippen LogP contribution >= 0.6 is 10.9 Å². The molecule has 1 amide bonds. The summed E-state index contributed by atoms with van der Waals surface area (Å²) in [7, 11) is -1.29. The summed E-state index contributed by atoms with van der Waals surface area (Å²) in [4.78, 5) is 28.0. The number of primary amides is 1. The lowest BCUT2D eigenvalue weighted by Gasteiger charge is -2.24. The van der Waals surface area contributed by atoms with Gasteiger partial charge in [-0.15, -0.1) is 0 Å². The van der Waals surface area contributed by atoms with E-state index in [2.05, 4.69) is 4.98 Å². The second kappa shape index (κ2) is 6.37. The maximum atomic E-state index is 11.7. The molecule has 1 aliphatic rings. The number of nitrogens with two attached hydrogens (primary N) is 2. The molecule has 0 saturated carbocycles. The molecule has 8 heteroatoms. The Kier molecular flexibility index (Phi) is 4.72. The molecule has 0 aliphatic carbocycles. The van der Waals surface area contributed by atoms with Crippen molar-refractivity contribution >= 4 is 28.8 Å². The summed E-state index contributed by atoms with van der Waals surface area (Å²) < 4.78 is 5.76. The van der Waals surface area contributed by atoms with Crippen molar-refractivity contribution in [3.8, 4) is 5.75 Å². The third-order valence-electron chi connectivity index (χ3n) is 3.06. The van der Waals surface area contributed by atoms with Crippen molar-refractivity contribution in [2.24, 2.45) is 11.5 Å². The predicted molar refractivity (Wildman–Crippen MR) is 84.9 cm³/mol. The van der Waals surface area contributed by atoms with Crippen LogP contribution in [0.25, 0.3) is 6.08 Å². The van der Waals surface area contributed by atoms with Gasteiger partial charge in [0.25, 0.3) is 5.91 Å². The number of fused-ring (bicyclic) bond motifs is 1. The number of carbonyl (C=O) groups excluding carboxylic acids is 1. The van der Waals surface area contributed by atoms with Gasteiger partial charge in [0.15, 0.2) is 0 Å². The number of hydrogen-bond acceptors (Lipinski definition) is 5. The van der Waals surface area contributed by atoms with Gasteiger partial charge in [-0.3, -0.25) is 14.6 Å². The zero-order valence-electron chi connectivity index (χ0n) is 12.3. The van der Waals surface area contributed by atoms with Crippen molar-refractivity contribution < 1.29 is 19.4 Å². The molecule has 0 radical (unpaired) electrons. The Hall–Kier alpha value is -2.06. The maximum Gasteiger partial charge on any atom is 0.321 e. The highest BCUT2D eigenvalue weighted by atomic mass is 32.2. The van der Waals surface area contributed by atoms with Crippen molar-refractivity contribution in [2.75, 3.05) is 5.75 Å². The molecule has 1 aromatic rings. The van der Waals surface area contributed by atoms with Crippen molar-refractivity contribution in [3.63, 3.8) is 0 Å².